The van der Waals surface area contributed by atoms with Gasteiger partial charge in [0, 0.05) is 52.2 Å². The molecular weight excluding hydrogens is 683 g/mol. The molecule has 0 atom stereocenters. The molecule has 7 aromatic rings. The summed E-state index contributed by atoms with van der Waals surface area (Å²) in [6, 6.07) is 35.4. The van der Waals surface area contributed by atoms with Crippen LogP contribution in [0.15, 0.2) is 114 Å². The molecule has 0 saturated carbocycles. The molecule has 0 spiro atoms. The van der Waals surface area contributed by atoms with Crippen LogP contribution >= 0.6 is 0 Å². The molecule has 7 rings (SSSR count). The second-order valence-corrected chi connectivity index (χ2v) is 10.5. The van der Waals surface area contributed by atoms with E-state index in [1.54, 1.807) is 24.7 Å². The summed E-state index contributed by atoms with van der Waals surface area (Å²) in [6.07, 6.45) is 3.71. The third kappa shape index (κ3) is 6.27. The van der Waals surface area contributed by atoms with Crippen LogP contribution in [-0.4, -0.2) is 15.0 Å². The van der Waals surface area contributed by atoms with Crippen LogP contribution in [0.3, 0.4) is 0 Å². The summed E-state index contributed by atoms with van der Waals surface area (Å²) in [5.41, 5.74) is 5.80. The number of hydrogen-bond donors (Lipinski definition) is 0. The molecule has 0 unspecified atom stereocenters. The fourth-order valence-electron chi connectivity index (χ4n) is 4.69. The van der Waals surface area contributed by atoms with Crippen molar-refractivity contribution in [2.75, 3.05) is 0 Å². The topological polar surface area (TPSA) is 51.8 Å². The van der Waals surface area contributed by atoms with Crippen molar-refractivity contribution < 1.29 is 27.3 Å². The first-order valence-corrected chi connectivity index (χ1v) is 13.2. The molecule has 0 saturated heterocycles. The van der Waals surface area contributed by atoms with Gasteiger partial charge in [-0.1, -0.05) is 55.5 Å². The van der Waals surface area contributed by atoms with E-state index in [-0.39, 0.29) is 20.1 Å². The smallest absolute Gasteiger partial charge is 0.130 e. The maximum absolute atomic E-state index is 8.62. The van der Waals surface area contributed by atoms with Gasteiger partial charge in [0.2, 0.25) is 0 Å². The van der Waals surface area contributed by atoms with E-state index < -0.39 is 11.8 Å². The quantitative estimate of drug-likeness (QED) is 0.172. The standard InChI is InChI=1S/C25H21N2O.C11H8N.Ir/c1-25(2,3)15-16-11-13-27-22(14-16)20-7-4-6-17-18-9-10-21-19(8-5-12-26-21)24(18)28-23(17)20;1-2-6-10(7-3-1)11-8-4-5-9-12-11;/h4-6,8-14H,15H2,1-3H3;1-6,8-9H;/q2*-1;/i15D2;;. The number of hydrogen-bond acceptors (Lipinski definition) is 4. The number of benzene rings is 3. The fraction of sp³-hybridized carbons (Fsp3) is 0.139. The van der Waals surface area contributed by atoms with Crippen molar-refractivity contribution in [1.82, 2.24) is 15.0 Å². The van der Waals surface area contributed by atoms with E-state index in [9.17, 15) is 0 Å². The molecule has 0 aliphatic carbocycles. The van der Waals surface area contributed by atoms with Crippen LogP contribution in [-0.2, 0) is 26.5 Å². The van der Waals surface area contributed by atoms with Gasteiger partial charge >= 0.3 is 0 Å². The average Bonchev–Trinajstić information content (AvgIpc) is 3.41. The maximum atomic E-state index is 8.62. The minimum absolute atomic E-state index is 0. The Hall–Kier alpha value is -4.18. The van der Waals surface area contributed by atoms with Crippen molar-refractivity contribution in [2.45, 2.75) is 27.1 Å². The molecule has 0 fully saturated rings. The van der Waals surface area contributed by atoms with E-state index in [1.165, 1.54) is 0 Å². The van der Waals surface area contributed by atoms with Crippen LogP contribution in [0.4, 0.5) is 0 Å². The minimum atomic E-state index is -1.51. The zero-order valence-corrected chi connectivity index (χ0v) is 25.4. The average molecular weight is 714 g/mol. The third-order valence-electron chi connectivity index (χ3n) is 6.36. The normalized spacial score (nSPS) is 12.3. The van der Waals surface area contributed by atoms with Crippen LogP contribution in [0.1, 0.15) is 29.1 Å². The van der Waals surface area contributed by atoms with Gasteiger partial charge in [0.15, 0.2) is 0 Å². The van der Waals surface area contributed by atoms with Crippen LogP contribution in [0.5, 0.6) is 0 Å². The summed E-state index contributed by atoms with van der Waals surface area (Å²) in [4.78, 5) is 13.2. The van der Waals surface area contributed by atoms with Gasteiger partial charge in [-0.25, -0.2) is 0 Å². The van der Waals surface area contributed by atoms with E-state index in [1.807, 2.05) is 106 Å². The van der Waals surface area contributed by atoms with Crippen molar-refractivity contribution in [3.8, 4) is 22.5 Å². The molecule has 0 aliphatic heterocycles. The Kier molecular flexibility index (Phi) is 7.63. The number of pyridine rings is 3. The maximum Gasteiger partial charge on any atom is 0.130 e. The van der Waals surface area contributed by atoms with Gasteiger partial charge in [-0.3, -0.25) is 4.98 Å². The predicted octanol–water partition coefficient (Wildman–Crippen LogP) is 9.13. The molecule has 41 heavy (non-hydrogen) atoms. The number of furan rings is 1. The first-order valence-electron chi connectivity index (χ1n) is 14.2. The Bertz CT molecular complexity index is 1970. The van der Waals surface area contributed by atoms with Crippen LogP contribution in [0, 0.1) is 17.5 Å². The zero-order chi connectivity index (χ0) is 29.3. The third-order valence-corrected chi connectivity index (χ3v) is 6.36. The first-order chi connectivity index (χ1) is 20.2. The van der Waals surface area contributed by atoms with Crippen molar-refractivity contribution in [2.24, 2.45) is 5.41 Å². The Morgan fingerprint density at radius 1 is 0.707 bits per heavy atom. The van der Waals surface area contributed by atoms with E-state index in [0.717, 1.165) is 44.1 Å². The summed E-state index contributed by atoms with van der Waals surface area (Å²) >= 11 is 0. The monoisotopic (exact) mass is 714 g/mol. The number of rotatable bonds is 3. The summed E-state index contributed by atoms with van der Waals surface area (Å²) in [7, 11) is 0. The van der Waals surface area contributed by atoms with Gasteiger partial charge in [-0.05, 0) is 59.6 Å². The first kappa shape index (κ1) is 25.8. The SMILES string of the molecule is [2H]C([2H])(c1ccnc(-c2[c-]ccc3c2oc2c4cccnc4ccc32)c1)C(C)(C)C.[Ir].[c-]1ccccc1-c1ccccn1. The number of aromatic nitrogens is 3. The molecule has 4 heterocycles. The predicted molar refractivity (Wildman–Crippen MR) is 163 cm³/mol. The number of fused-ring (bicyclic) bond motifs is 5. The van der Waals surface area contributed by atoms with Gasteiger partial charge in [0.1, 0.15) is 5.58 Å². The summed E-state index contributed by atoms with van der Waals surface area (Å²) in [5.74, 6) is 0. The van der Waals surface area contributed by atoms with E-state index >= 15 is 0 Å². The van der Waals surface area contributed by atoms with Crippen LogP contribution < -0.4 is 0 Å². The van der Waals surface area contributed by atoms with E-state index in [0.29, 0.717) is 16.8 Å². The molecule has 5 heteroatoms. The Balaban J connectivity index is 0.000000238. The minimum Gasteiger partial charge on any atom is -0.500 e. The molecule has 0 bridgehead atoms. The van der Waals surface area contributed by atoms with Crippen LogP contribution in [0.25, 0.3) is 55.4 Å². The fourth-order valence-corrected chi connectivity index (χ4v) is 4.69. The molecule has 1 radical (unpaired) electrons. The van der Waals surface area contributed by atoms with Crippen molar-refractivity contribution in [3.05, 3.63) is 127 Å². The molecule has 0 amide bonds. The Labute approximate surface area is 256 Å². The molecule has 3 aromatic carbocycles. The summed E-state index contributed by atoms with van der Waals surface area (Å²) < 4.78 is 23.6. The molecule has 4 aromatic heterocycles. The summed E-state index contributed by atoms with van der Waals surface area (Å²) in [5, 5.41) is 2.96. The molecule has 4 nitrogen and oxygen atoms in total. The largest absolute Gasteiger partial charge is 0.500 e. The molecule has 0 N–H and O–H groups in total. The van der Waals surface area contributed by atoms with Gasteiger partial charge < -0.3 is 14.4 Å². The van der Waals surface area contributed by atoms with E-state index in [2.05, 4.69) is 27.1 Å². The Morgan fingerprint density at radius 3 is 2.29 bits per heavy atom. The van der Waals surface area contributed by atoms with E-state index in [4.69, 9.17) is 7.16 Å². The zero-order valence-electron chi connectivity index (χ0n) is 25.0. The van der Waals surface area contributed by atoms with Gasteiger partial charge in [0.05, 0.1) is 11.1 Å². The van der Waals surface area contributed by atoms with Gasteiger partial charge in [0.25, 0.3) is 0 Å². The second-order valence-electron chi connectivity index (χ2n) is 10.5. The summed E-state index contributed by atoms with van der Waals surface area (Å²) in [6.45, 7) is 5.70. The van der Waals surface area contributed by atoms with Crippen molar-refractivity contribution in [1.29, 1.82) is 0 Å². The van der Waals surface area contributed by atoms with Gasteiger partial charge in [-0.15, -0.1) is 54.1 Å². The van der Waals surface area contributed by atoms with Crippen molar-refractivity contribution in [3.63, 3.8) is 0 Å². The molecule has 0 aliphatic rings. The van der Waals surface area contributed by atoms with Crippen molar-refractivity contribution >= 4 is 32.8 Å². The van der Waals surface area contributed by atoms with Crippen LogP contribution in [0.2, 0.25) is 0 Å². The number of nitrogens with zero attached hydrogens (tertiary/aromatic N) is 3. The molecular formula is C36H29IrN3O-2. The molecule has 205 valence electrons. The Morgan fingerprint density at radius 2 is 1.51 bits per heavy atom. The second kappa shape index (κ2) is 12.1. The van der Waals surface area contributed by atoms with Gasteiger partial charge in [-0.2, -0.15) is 0 Å².